The van der Waals surface area contributed by atoms with Crippen LogP contribution in [0.25, 0.3) is 0 Å². The van der Waals surface area contributed by atoms with Crippen LogP contribution in [0, 0.1) is 0 Å². The molecule has 0 saturated heterocycles. The van der Waals surface area contributed by atoms with Gasteiger partial charge in [0, 0.05) is 24.3 Å². The number of amides is 2. The van der Waals surface area contributed by atoms with E-state index in [2.05, 4.69) is 0 Å². The molecule has 10 nitrogen and oxygen atoms in total. The zero-order valence-corrected chi connectivity index (χ0v) is 20.1. The van der Waals surface area contributed by atoms with Crippen molar-refractivity contribution in [1.82, 2.24) is 0 Å². The second-order valence-corrected chi connectivity index (χ2v) is 10.7. The summed E-state index contributed by atoms with van der Waals surface area (Å²) >= 11 is 0. The van der Waals surface area contributed by atoms with Crippen molar-refractivity contribution in [3.05, 3.63) is 71.7 Å². The fourth-order valence-corrected chi connectivity index (χ4v) is 4.77. The molecule has 0 unspecified atom stereocenters. The van der Waals surface area contributed by atoms with Crippen LogP contribution in [-0.4, -0.2) is 160 Å². The molecule has 2 amide bonds. The molecule has 0 fully saturated rings. The topological polar surface area (TPSA) is 161 Å². The first-order chi connectivity index (χ1) is 15.8. The van der Waals surface area contributed by atoms with Gasteiger partial charge in [0.1, 0.15) is 0 Å². The molecule has 1 aromatic rings. The summed E-state index contributed by atoms with van der Waals surface area (Å²) in [6, 6.07) is 5.34. The van der Waals surface area contributed by atoms with Crippen molar-refractivity contribution in [2.45, 2.75) is 26.7 Å². The molecule has 38 heavy (non-hydrogen) atoms. The molecule has 16 heteroatoms. The summed E-state index contributed by atoms with van der Waals surface area (Å²) in [4.78, 5) is 66.1. The Labute approximate surface area is 309 Å². The number of carbonyl (C=O) groups excluding carboxylic acids is 2. The van der Waals surface area contributed by atoms with Crippen LogP contribution >= 0.6 is 15.2 Å². The van der Waals surface area contributed by atoms with E-state index in [1.165, 1.54) is 59.4 Å². The zero-order chi connectivity index (χ0) is 25.3. The third-order valence-corrected chi connectivity index (χ3v) is 7.05. The Balaban J connectivity index is 0. The van der Waals surface area contributed by atoms with Crippen LogP contribution in [0.3, 0.4) is 0 Å². The van der Waals surface area contributed by atoms with Crippen molar-refractivity contribution < 1.29 is 47.4 Å². The van der Waals surface area contributed by atoms with Crippen molar-refractivity contribution >= 4 is 168 Å². The van der Waals surface area contributed by atoms with Crippen LogP contribution in [0.2, 0.25) is 0 Å². The van der Waals surface area contributed by atoms with Crippen LogP contribution in [-0.2, 0) is 18.7 Å². The maximum absolute atomic E-state index is 12.5. The van der Waals surface area contributed by atoms with Gasteiger partial charge in [-0.3, -0.25) is 4.57 Å². The van der Waals surface area contributed by atoms with Gasteiger partial charge in [0.2, 0.25) is 17.1 Å². The molecule has 0 aromatic heterocycles. The molecule has 186 valence electrons. The van der Waals surface area contributed by atoms with Gasteiger partial charge in [-0.2, -0.15) is 0 Å². The second kappa shape index (κ2) is 17.3. The molecular weight excluding hydrogens is 574 g/mol. The van der Waals surface area contributed by atoms with Crippen molar-refractivity contribution in [1.29, 1.82) is 0 Å². The summed E-state index contributed by atoms with van der Waals surface area (Å²) in [7, 11) is -9.34. The van der Waals surface area contributed by atoms with E-state index in [-0.39, 0.29) is 147 Å². The van der Waals surface area contributed by atoms with Crippen LogP contribution in [0.1, 0.15) is 26.7 Å². The summed E-state index contributed by atoms with van der Waals surface area (Å²) < 4.78 is 25.4. The van der Waals surface area contributed by atoms with Crippen LogP contribution in [0.15, 0.2) is 71.7 Å². The summed E-state index contributed by atoms with van der Waals surface area (Å²) in [5, 5.41) is -0.525. The fraction of sp³-hybridized carbons (Fsp3) is 0.182. The first kappa shape index (κ1) is 41.3. The van der Waals surface area contributed by atoms with E-state index in [1.807, 2.05) is 0 Å². The molecule has 3 rings (SSSR count). The standard InChI is InChI=1S/C22H22N2O8P2.4Na.4H/c1-15(25)23(17-6-10-21(11-7-17)33(27,28)29)19-4-3-5-20(14-19)24(16(2)26)18-8-12-22(13-9-18)34(30,31)32;;;;;;;;/h3-4,6,8-14H,5,7H2,1-2H3,(H2-2,27,28,29,30,31,32);;;;;;;;. The minimum absolute atomic E-state index is 0. The molecule has 2 aliphatic carbocycles. The summed E-state index contributed by atoms with van der Waals surface area (Å²) in [6.07, 6.45) is 9.24. The summed E-state index contributed by atoms with van der Waals surface area (Å²) in [5.41, 5.74) is 1.78. The molecular formula is C22H26N2Na4O8P2. The number of rotatable bonds is 4. The monoisotopic (exact) mass is 600 g/mol. The Morgan fingerprint density at radius 2 is 1.37 bits per heavy atom. The van der Waals surface area contributed by atoms with E-state index in [4.69, 9.17) is 0 Å². The maximum atomic E-state index is 12.5. The van der Waals surface area contributed by atoms with E-state index in [1.54, 1.807) is 18.2 Å². The Bertz CT molecular complexity index is 1350. The van der Waals surface area contributed by atoms with Gasteiger partial charge >= 0.3 is 138 Å². The predicted molar refractivity (Wildman–Crippen MR) is 150 cm³/mol. The molecule has 0 radical (unpaired) electrons. The van der Waals surface area contributed by atoms with Crippen LogP contribution in [0.5, 0.6) is 0 Å². The summed E-state index contributed by atoms with van der Waals surface area (Å²) in [5.74, 6) is -0.708. The minimum atomic E-state index is -4.90. The molecule has 0 heterocycles. The van der Waals surface area contributed by atoms with Crippen molar-refractivity contribution in [3.63, 3.8) is 0 Å². The molecule has 0 atom stereocenters. The Morgan fingerprint density at radius 1 is 0.816 bits per heavy atom. The average Bonchev–Trinajstić information content (AvgIpc) is 2.73. The van der Waals surface area contributed by atoms with Crippen LogP contribution < -0.4 is 15.1 Å². The summed E-state index contributed by atoms with van der Waals surface area (Å²) in [6.45, 7) is 2.67. The molecule has 0 aliphatic heterocycles. The molecule has 1 aromatic carbocycles. The number of benzene rings is 1. The van der Waals surface area contributed by atoms with Crippen molar-refractivity contribution in [2.24, 2.45) is 0 Å². The predicted octanol–water partition coefficient (Wildman–Crippen LogP) is -1.87. The second-order valence-electron chi connectivity index (χ2n) is 7.59. The van der Waals surface area contributed by atoms with E-state index in [0.29, 0.717) is 29.2 Å². The van der Waals surface area contributed by atoms with Crippen molar-refractivity contribution in [3.8, 4) is 0 Å². The SMILES string of the molecule is CC(=O)[N+](C1=CC(=[N+](C(C)=O)c2ccc(P(=O)(O)O)cc2)CC=C1)=C1C=CC(P(=O)([O-])[O-])=CC1.[NaH].[NaH].[NaH].[NaH]. The normalized spacial score (nSPS) is 17.3. The Kier molecular flexibility index (Phi) is 18.8. The number of allylic oxidation sites excluding steroid dienone is 7. The molecule has 0 bridgehead atoms. The van der Waals surface area contributed by atoms with Crippen molar-refractivity contribution in [2.75, 3.05) is 0 Å². The average molecular weight is 600 g/mol. The molecule has 2 N–H and O–H groups in total. The van der Waals surface area contributed by atoms with Gasteiger partial charge in [0.25, 0.3) is 0 Å². The van der Waals surface area contributed by atoms with Gasteiger partial charge in [-0.05, 0) is 31.1 Å². The van der Waals surface area contributed by atoms with E-state index in [9.17, 15) is 38.3 Å². The number of carbonyl (C=O) groups is 2. The first-order valence-corrected chi connectivity index (χ1v) is 13.2. The third-order valence-electron chi connectivity index (χ3n) is 5.12. The zero-order valence-electron chi connectivity index (χ0n) is 18.3. The molecule has 0 saturated carbocycles. The number of nitrogens with zero attached hydrogens (tertiary/aromatic N) is 2. The van der Waals surface area contributed by atoms with Crippen LogP contribution in [0.4, 0.5) is 5.69 Å². The number of hydrogen-bond acceptors (Lipinski definition) is 6. The van der Waals surface area contributed by atoms with E-state index < -0.39 is 15.2 Å². The molecule has 2 aliphatic rings. The van der Waals surface area contributed by atoms with Gasteiger partial charge in [-0.15, -0.1) is 9.15 Å². The van der Waals surface area contributed by atoms with Gasteiger partial charge in [-0.1, -0.05) is 12.2 Å². The van der Waals surface area contributed by atoms with Gasteiger partial charge in [0.15, 0.2) is 5.71 Å². The van der Waals surface area contributed by atoms with Gasteiger partial charge in [0.05, 0.1) is 38.1 Å². The van der Waals surface area contributed by atoms with Gasteiger partial charge in [-0.25, -0.2) is 9.59 Å². The van der Waals surface area contributed by atoms with Gasteiger partial charge < -0.3 is 24.1 Å². The first-order valence-electron chi connectivity index (χ1n) is 10.1. The quantitative estimate of drug-likeness (QED) is 0.231. The third kappa shape index (κ3) is 10.8. The number of hydrogen-bond donors (Lipinski definition) is 2. The van der Waals surface area contributed by atoms with E-state index in [0.717, 1.165) is 6.08 Å². The van der Waals surface area contributed by atoms with E-state index >= 15 is 0 Å². The Hall–Kier alpha value is 1.16. The molecule has 0 spiro atoms. The fourth-order valence-electron chi connectivity index (χ4n) is 3.66. The Morgan fingerprint density at radius 3 is 1.79 bits per heavy atom.